The molecule has 0 saturated heterocycles. The Hall–Kier alpha value is -1.06. The number of hydrogen-bond acceptors (Lipinski definition) is 2. The van der Waals surface area contributed by atoms with Gasteiger partial charge in [-0.15, -0.1) is 0 Å². The van der Waals surface area contributed by atoms with Crippen molar-refractivity contribution in [3.63, 3.8) is 0 Å². The van der Waals surface area contributed by atoms with Crippen LogP contribution in [0, 0.1) is 0 Å². The predicted octanol–water partition coefficient (Wildman–Crippen LogP) is 1.68. The Morgan fingerprint density at radius 3 is 2.86 bits per heavy atom. The van der Waals surface area contributed by atoms with Crippen LogP contribution in [0.5, 0.6) is 0 Å². The molecule has 4 heteroatoms. The molecule has 0 spiro atoms. The number of benzene rings is 1. The zero-order chi connectivity index (χ0) is 10.6. The maximum atomic E-state index is 10.4. The zero-order valence-corrected chi connectivity index (χ0v) is 8.37. The molecule has 0 aliphatic heterocycles. The summed E-state index contributed by atoms with van der Waals surface area (Å²) in [7, 11) is 0. The first-order valence-corrected chi connectivity index (χ1v) is 4.67. The first-order chi connectivity index (χ1) is 6.58. The van der Waals surface area contributed by atoms with E-state index >= 15 is 0 Å². The summed E-state index contributed by atoms with van der Waals surface area (Å²) in [5, 5.41) is 9.15. The number of hydrogen-bond donors (Lipinski definition) is 2. The number of carboxylic acid groups (broad SMARTS) is 1. The molecule has 1 aromatic carbocycles. The Labute approximate surface area is 87.5 Å². The van der Waals surface area contributed by atoms with Crippen molar-refractivity contribution in [2.75, 3.05) is 0 Å². The van der Waals surface area contributed by atoms with E-state index in [0.717, 1.165) is 5.56 Å². The van der Waals surface area contributed by atoms with Crippen molar-refractivity contribution in [2.24, 2.45) is 5.73 Å². The fourth-order valence-corrected chi connectivity index (χ4v) is 1.48. The molecule has 0 amide bonds. The molecule has 3 nitrogen and oxygen atoms in total. The first-order valence-electron chi connectivity index (χ1n) is 4.30. The standard InChI is InChI=1S/C10H12ClNO2/c11-8-3-1-2-7(4-8)5-9(12)6-10(13)14/h1-4,9H,5-6,12H2,(H,13,14)/t9-/m1/s1. The molecular formula is C10H12ClNO2. The lowest BCUT2D eigenvalue weighted by atomic mass is 10.0. The van der Waals surface area contributed by atoms with Crippen molar-refractivity contribution in [3.05, 3.63) is 34.9 Å². The molecule has 0 fully saturated rings. The second-order valence-electron chi connectivity index (χ2n) is 3.19. The third kappa shape index (κ3) is 3.77. The Kier molecular flexibility index (Phi) is 3.92. The van der Waals surface area contributed by atoms with Crippen molar-refractivity contribution < 1.29 is 9.90 Å². The highest BCUT2D eigenvalue weighted by molar-refractivity contribution is 6.30. The summed E-state index contributed by atoms with van der Waals surface area (Å²) in [4.78, 5) is 10.4. The van der Waals surface area contributed by atoms with Crippen LogP contribution in [-0.4, -0.2) is 17.1 Å². The van der Waals surface area contributed by atoms with Gasteiger partial charge in [0.15, 0.2) is 0 Å². The van der Waals surface area contributed by atoms with Gasteiger partial charge in [0.05, 0.1) is 6.42 Å². The van der Waals surface area contributed by atoms with Gasteiger partial charge in [-0.1, -0.05) is 23.7 Å². The quantitative estimate of drug-likeness (QED) is 0.800. The van der Waals surface area contributed by atoms with E-state index in [-0.39, 0.29) is 12.5 Å². The highest BCUT2D eigenvalue weighted by Crippen LogP contribution is 2.12. The molecule has 14 heavy (non-hydrogen) atoms. The summed E-state index contributed by atoms with van der Waals surface area (Å²) >= 11 is 5.78. The number of rotatable bonds is 4. The molecule has 1 aromatic rings. The van der Waals surface area contributed by atoms with Gasteiger partial charge in [-0.25, -0.2) is 0 Å². The lowest BCUT2D eigenvalue weighted by Gasteiger charge is -2.08. The summed E-state index contributed by atoms with van der Waals surface area (Å²) < 4.78 is 0. The molecule has 0 aliphatic rings. The summed E-state index contributed by atoms with van der Waals surface area (Å²) in [6, 6.07) is 6.92. The Bertz CT molecular complexity index is 328. The zero-order valence-electron chi connectivity index (χ0n) is 7.61. The van der Waals surface area contributed by atoms with Crippen LogP contribution in [0.25, 0.3) is 0 Å². The fourth-order valence-electron chi connectivity index (χ4n) is 1.26. The van der Waals surface area contributed by atoms with E-state index in [2.05, 4.69) is 0 Å². The van der Waals surface area contributed by atoms with E-state index < -0.39 is 5.97 Å². The van der Waals surface area contributed by atoms with Crippen LogP contribution < -0.4 is 5.73 Å². The summed E-state index contributed by atoms with van der Waals surface area (Å²) in [6.45, 7) is 0. The number of carbonyl (C=O) groups is 1. The van der Waals surface area contributed by atoms with E-state index in [4.69, 9.17) is 22.4 Å². The molecule has 0 unspecified atom stereocenters. The lowest BCUT2D eigenvalue weighted by Crippen LogP contribution is -2.26. The van der Waals surface area contributed by atoms with Crippen LogP contribution in [0.1, 0.15) is 12.0 Å². The fraction of sp³-hybridized carbons (Fsp3) is 0.300. The molecule has 0 aromatic heterocycles. The van der Waals surface area contributed by atoms with Gasteiger partial charge in [-0.05, 0) is 24.1 Å². The summed E-state index contributed by atoms with van der Waals surface area (Å²) in [5.74, 6) is -0.875. The minimum atomic E-state index is -0.875. The van der Waals surface area contributed by atoms with Gasteiger partial charge in [0.25, 0.3) is 0 Å². The number of halogens is 1. The van der Waals surface area contributed by atoms with Crippen LogP contribution in [0.15, 0.2) is 24.3 Å². The van der Waals surface area contributed by atoms with Crippen LogP contribution in [-0.2, 0) is 11.2 Å². The molecule has 1 rings (SSSR count). The topological polar surface area (TPSA) is 63.3 Å². The number of carboxylic acids is 1. The Morgan fingerprint density at radius 1 is 1.57 bits per heavy atom. The van der Waals surface area contributed by atoms with E-state index in [1.807, 2.05) is 12.1 Å². The van der Waals surface area contributed by atoms with Gasteiger partial charge in [0, 0.05) is 11.1 Å². The molecule has 0 radical (unpaired) electrons. The largest absolute Gasteiger partial charge is 0.481 e. The third-order valence-electron chi connectivity index (χ3n) is 1.82. The Morgan fingerprint density at radius 2 is 2.29 bits per heavy atom. The van der Waals surface area contributed by atoms with E-state index in [0.29, 0.717) is 11.4 Å². The van der Waals surface area contributed by atoms with Gasteiger partial charge >= 0.3 is 5.97 Å². The molecule has 0 saturated carbocycles. The molecular weight excluding hydrogens is 202 g/mol. The van der Waals surface area contributed by atoms with Crippen LogP contribution in [0.3, 0.4) is 0 Å². The van der Waals surface area contributed by atoms with Gasteiger partial charge < -0.3 is 10.8 Å². The van der Waals surface area contributed by atoms with E-state index in [1.165, 1.54) is 0 Å². The highest BCUT2D eigenvalue weighted by atomic mass is 35.5. The van der Waals surface area contributed by atoms with E-state index in [1.54, 1.807) is 12.1 Å². The minimum absolute atomic E-state index is 0.0213. The Balaban J connectivity index is 2.55. The van der Waals surface area contributed by atoms with Crippen LogP contribution >= 0.6 is 11.6 Å². The number of aliphatic carboxylic acids is 1. The maximum Gasteiger partial charge on any atom is 0.304 e. The van der Waals surface area contributed by atoms with Gasteiger partial charge in [-0.2, -0.15) is 0 Å². The maximum absolute atomic E-state index is 10.4. The van der Waals surface area contributed by atoms with Crippen molar-refractivity contribution in [2.45, 2.75) is 18.9 Å². The van der Waals surface area contributed by atoms with Crippen molar-refractivity contribution >= 4 is 17.6 Å². The smallest absolute Gasteiger partial charge is 0.304 e. The van der Waals surface area contributed by atoms with Gasteiger partial charge in [0.2, 0.25) is 0 Å². The van der Waals surface area contributed by atoms with E-state index in [9.17, 15) is 4.79 Å². The normalized spacial score (nSPS) is 12.4. The summed E-state index contributed by atoms with van der Waals surface area (Å²) in [6.07, 6.45) is 0.513. The van der Waals surface area contributed by atoms with Gasteiger partial charge in [-0.3, -0.25) is 4.79 Å². The molecule has 3 N–H and O–H groups in total. The minimum Gasteiger partial charge on any atom is -0.481 e. The SMILES string of the molecule is N[C@@H](CC(=O)O)Cc1cccc(Cl)c1. The lowest BCUT2D eigenvalue weighted by molar-refractivity contribution is -0.137. The average molecular weight is 214 g/mol. The highest BCUT2D eigenvalue weighted by Gasteiger charge is 2.08. The molecule has 0 bridgehead atoms. The molecule has 0 aliphatic carbocycles. The van der Waals surface area contributed by atoms with Crippen molar-refractivity contribution in [1.82, 2.24) is 0 Å². The number of nitrogens with two attached hydrogens (primary N) is 1. The molecule has 0 heterocycles. The first kappa shape index (κ1) is 11.0. The van der Waals surface area contributed by atoms with Crippen molar-refractivity contribution in [1.29, 1.82) is 0 Å². The monoisotopic (exact) mass is 213 g/mol. The van der Waals surface area contributed by atoms with Crippen LogP contribution in [0.4, 0.5) is 0 Å². The predicted molar refractivity (Wildman–Crippen MR) is 55.4 cm³/mol. The summed E-state index contributed by atoms with van der Waals surface area (Å²) in [5.41, 5.74) is 6.60. The molecule has 1 atom stereocenters. The van der Waals surface area contributed by atoms with Crippen molar-refractivity contribution in [3.8, 4) is 0 Å². The van der Waals surface area contributed by atoms with Crippen LogP contribution in [0.2, 0.25) is 5.02 Å². The van der Waals surface area contributed by atoms with Gasteiger partial charge in [0.1, 0.15) is 0 Å². The third-order valence-corrected chi connectivity index (χ3v) is 2.06. The second kappa shape index (κ2) is 4.98. The average Bonchev–Trinajstić information content (AvgIpc) is 2.01. The molecule has 76 valence electrons. The second-order valence-corrected chi connectivity index (χ2v) is 3.63.